The van der Waals surface area contributed by atoms with E-state index in [9.17, 15) is 0 Å². The Morgan fingerprint density at radius 1 is 1.08 bits per heavy atom. The van der Waals surface area contributed by atoms with Gasteiger partial charge in [-0.2, -0.15) is 0 Å². The van der Waals surface area contributed by atoms with E-state index in [1.54, 1.807) is 0 Å². The normalized spacial score (nSPS) is 13.0. The number of hydrogen-bond acceptors (Lipinski definition) is 0. The van der Waals surface area contributed by atoms with Gasteiger partial charge in [0.05, 0.1) is 0 Å². The van der Waals surface area contributed by atoms with E-state index in [2.05, 4.69) is 56.4 Å². The first kappa shape index (κ1) is 13.2. The van der Waals surface area contributed by atoms with Crippen LogP contribution in [0.25, 0.3) is 0 Å². The molecule has 0 aliphatic rings. The van der Waals surface area contributed by atoms with Crippen molar-refractivity contribution < 1.29 is 0 Å². The van der Waals surface area contributed by atoms with Crippen molar-refractivity contribution in [3.8, 4) is 0 Å². The predicted molar refractivity (Wildman–Crippen MR) is 64.1 cm³/mol. The van der Waals surface area contributed by atoms with Crippen LogP contribution in [0.15, 0.2) is 0 Å². The standard InChI is InChI=1S/C10H24PTe/c1-6-7-8-11(12,9(2)3)10(4)5/h9-10,12H,6-8H2,1-5H3/q+1. The molecule has 2 heteroatoms. The Balaban J connectivity index is 4.19. The van der Waals surface area contributed by atoms with Crippen molar-refractivity contribution in [1.29, 1.82) is 0 Å². The quantitative estimate of drug-likeness (QED) is 0.539. The molecule has 0 nitrogen and oxygen atoms in total. The molecule has 0 atom stereocenters. The molecule has 0 unspecified atom stereocenters. The van der Waals surface area contributed by atoms with E-state index in [-0.39, 0.29) is 0 Å². The summed E-state index contributed by atoms with van der Waals surface area (Å²) < 4.78 is 0. The van der Waals surface area contributed by atoms with Crippen LogP contribution in [0.1, 0.15) is 47.5 Å². The van der Waals surface area contributed by atoms with E-state index < -0.39 is 4.95 Å². The van der Waals surface area contributed by atoms with Crippen LogP contribution in [0, 0.1) is 0 Å². The second kappa shape index (κ2) is 5.85. The third-order valence-electron chi connectivity index (χ3n) is 2.66. The predicted octanol–water partition coefficient (Wildman–Crippen LogP) is 3.44. The molecule has 0 saturated heterocycles. The van der Waals surface area contributed by atoms with Gasteiger partial charge in [-0.25, -0.2) is 0 Å². The molecule has 0 aliphatic heterocycles. The Morgan fingerprint density at radius 3 is 1.75 bits per heavy atom. The van der Waals surface area contributed by atoms with Crippen LogP contribution in [-0.2, 0) is 0 Å². The molecule has 0 saturated carbocycles. The summed E-state index contributed by atoms with van der Waals surface area (Å²) in [5.74, 6) is 0. The molecule has 12 heavy (non-hydrogen) atoms. The van der Waals surface area contributed by atoms with Crippen molar-refractivity contribution in [3.05, 3.63) is 0 Å². The van der Waals surface area contributed by atoms with Crippen molar-refractivity contribution in [1.82, 2.24) is 0 Å². The van der Waals surface area contributed by atoms with E-state index in [1.165, 1.54) is 19.0 Å². The molecule has 0 spiro atoms. The van der Waals surface area contributed by atoms with E-state index in [1.807, 2.05) is 0 Å². The van der Waals surface area contributed by atoms with Gasteiger partial charge >= 0.3 is 91.6 Å². The maximum atomic E-state index is 2.42. The zero-order valence-corrected chi connectivity index (χ0v) is 12.6. The zero-order valence-electron chi connectivity index (χ0n) is 9.17. The van der Waals surface area contributed by atoms with Gasteiger partial charge in [-0.3, -0.25) is 0 Å². The topological polar surface area (TPSA) is 0 Å². The van der Waals surface area contributed by atoms with Gasteiger partial charge in [0.1, 0.15) is 0 Å². The number of rotatable bonds is 5. The summed E-state index contributed by atoms with van der Waals surface area (Å²) in [6.07, 6.45) is 4.33. The van der Waals surface area contributed by atoms with Crippen molar-refractivity contribution in [2.75, 3.05) is 6.16 Å². The molecule has 0 rings (SSSR count). The van der Waals surface area contributed by atoms with Gasteiger partial charge in [-0.05, 0) is 0 Å². The third kappa shape index (κ3) is 3.53. The van der Waals surface area contributed by atoms with Crippen molar-refractivity contribution in [2.45, 2.75) is 58.8 Å². The first-order chi connectivity index (χ1) is 5.45. The molecule has 0 aliphatic carbocycles. The van der Waals surface area contributed by atoms with Crippen molar-refractivity contribution in [2.24, 2.45) is 0 Å². The molecule has 0 amide bonds. The Kier molecular flexibility index (Phi) is 6.44. The summed E-state index contributed by atoms with van der Waals surface area (Å²) in [6, 6.07) is 0. The molecule has 0 aromatic rings. The monoisotopic (exact) mass is 305 g/mol. The Morgan fingerprint density at radius 2 is 1.50 bits per heavy atom. The molecule has 0 bridgehead atoms. The van der Waals surface area contributed by atoms with Crippen LogP contribution >= 0.6 is 4.95 Å². The summed E-state index contributed by atoms with van der Waals surface area (Å²) >= 11 is 2.16. The first-order valence-electron chi connectivity index (χ1n) is 5.05. The van der Waals surface area contributed by atoms with Crippen LogP contribution in [-0.4, -0.2) is 39.2 Å². The fourth-order valence-electron chi connectivity index (χ4n) is 1.52. The molecular formula is C10H24PTe+. The second-order valence-electron chi connectivity index (χ2n) is 4.15. The molecule has 74 valence electrons. The molecule has 0 aromatic heterocycles. The van der Waals surface area contributed by atoms with Crippen LogP contribution in [0.5, 0.6) is 0 Å². The van der Waals surface area contributed by atoms with Crippen molar-refractivity contribution >= 4 is 26.7 Å². The molecule has 0 radical (unpaired) electrons. The Hall–Kier alpha value is 1.22. The molecule has 0 fully saturated rings. The third-order valence-corrected chi connectivity index (χ3v) is 16.9. The fraction of sp³-hybridized carbons (Fsp3) is 1.00. The molecular weight excluding hydrogens is 279 g/mol. The van der Waals surface area contributed by atoms with Crippen LogP contribution < -0.4 is 0 Å². The van der Waals surface area contributed by atoms with Crippen LogP contribution in [0.3, 0.4) is 0 Å². The van der Waals surface area contributed by atoms with E-state index in [0.717, 1.165) is 11.3 Å². The zero-order chi connectivity index (χ0) is 9.78. The van der Waals surface area contributed by atoms with E-state index >= 15 is 0 Å². The Bertz CT molecular complexity index is 113. The Labute approximate surface area is 91.5 Å². The summed E-state index contributed by atoms with van der Waals surface area (Å²) in [5.41, 5.74) is 1.89. The van der Waals surface area contributed by atoms with Gasteiger partial charge in [0.15, 0.2) is 0 Å². The van der Waals surface area contributed by atoms with Gasteiger partial charge in [-0.15, -0.1) is 0 Å². The molecule has 0 N–H and O–H groups in total. The van der Waals surface area contributed by atoms with Crippen molar-refractivity contribution in [3.63, 3.8) is 0 Å². The average Bonchev–Trinajstić information content (AvgIpc) is 1.99. The van der Waals surface area contributed by atoms with Crippen LogP contribution in [0.2, 0.25) is 0 Å². The van der Waals surface area contributed by atoms with Gasteiger partial charge in [0, 0.05) is 0 Å². The van der Waals surface area contributed by atoms with E-state index in [0.29, 0.717) is 0 Å². The molecule has 0 heterocycles. The summed E-state index contributed by atoms with van der Waals surface area (Å²) in [7, 11) is 0. The summed E-state index contributed by atoms with van der Waals surface area (Å²) in [5, 5.41) is 0. The number of unbranched alkanes of at least 4 members (excludes halogenated alkanes) is 1. The first-order valence-corrected chi connectivity index (χ1v) is 10.5. The molecule has 0 aromatic carbocycles. The SMILES string of the molecule is CCCC[P+]([TeH])(C(C)C)C(C)C. The van der Waals surface area contributed by atoms with Gasteiger partial charge in [-0.1, -0.05) is 0 Å². The van der Waals surface area contributed by atoms with Gasteiger partial charge in [0.25, 0.3) is 0 Å². The second-order valence-corrected chi connectivity index (χ2v) is 14.8. The van der Waals surface area contributed by atoms with E-state index in [4.69, 9.17) is 0 Å². The minimum absolute atomic E-state index is 0.580. The fourth-order valence-corrected chi connectivity index (χ4v) is 5.78. The summed E-state index contributed by atoms with van der Waals surface area (Å²) in [6.45, 7) is 12.0. The number of hydrogen-bond donors (Lipinski definition) is 0. The van der Waals surface area contributed by atoms with Gasteiger partial charge in [0.2, 0.25) is 0 Å². The maximum absolute atomic E-state index is 2.42. The average molecular weight is 303 g/mol. The van der Waals surface area contributed by atoms with Gasteiger partial charge < -0.3 is 0 Å². The summed E-state index contributed by atoms with van der Waals surface area (Å²) in [4.78, 5) is -0.580. The minimum atomic E-state index is -0.580. The van der Waals surface area contributed by atoms with Crippen LogP contribution in [0.4, 0.5) is 0 Å².